The summed E-state index contributed by atoms with van der Waals surface area (Å²) in [7, 11) is -0.142. The first-order chi connectivity index (χ1) is 8.06. The van der Waals surface area contributed by atoms with Crippen molar-refractivity contribution in [3.63, 3.8) is 0 Å². The van der Waals surface area contributed by atoms with Gasteiger partial charge >= 0.3 is 7.48 Å². The van der Waals surface area contributed by atoms with Crippen LogP contribution in [-0.4, -0.2) is 23.8 Å². The lowest BCUT2D eigenvalue weighted by Crippen LogP contribution is -2.49. The van der Waals surface area contributed by atoms with Gasteiger partial charge in [0.2, 0.25) is 0 Å². The van der Waals surface area contributed by atoms with E-state index in [1.54, 1.807) is 27.7 Å². The third-order valence-corrected chi connectivity index (χ3v) is 3.47. The fraction of sp³-hybridized carbons (Fsp3) is 0.500. The Hall–Kier alpha value is -0.645. The fourth-order valence-corrected chi connectivity index (χ4v) is 1.26. The van der Waals surface area contributed by atoms with Crippen molar-refractivity contribution in [3.8, 4) is 0 Å². The summed E-state index contributed by atoms with van der Waals surface area (Å²) in [4.78, 5) is 0. The quantitative estimate of drug-likeness (QED) is 0.674. The number of benzene rings is 1. The maximum Gasteiger partial charge on any atom is 0.312 e. The minimum absolute atomic E-state index is 0.0641. The van der Waals surface area contributed by atoms with Gasteiger partial charge in [-0.3, -0.25) is 0 Å². The van der Waals surface area contributed by atoms with E-state index in [2.05, 4.69) is 0 Å². The van der Waals surface area contributed by atoms with Crippen molar-refractivity contribution in [3.05, 3.63) is 28.8 Å². The Labute approximate surface area is 111 Å². The summed E-state index contributed by atoms with van der Waals surface area (Å²) in [6.45, 7) is 6.53. The van der Waals surface area contributed by atoms with Crippen molar-refractivity contribution in [2.24, 2.45) is 0 Å². The third-order valence-electron chi connectivity index (χ3n) is 3.18. The van der Waals surface area contributed by atoms with Crippen LogP contribution in [0.15, 0.2) is 12.1 Å². The molecule has 0 saturated carbocycles. The van der Waals surface area contributed by atoms with Gasteiger partial charge < -0.3 is 9.76 Å². The molecule has 0 radical (unpaired) electrons. The van der Waals surface area contributed by atoms with E-state index in [1.165, 1.54) is 12.1 Å². The highest BCUT2D eigenvalue weighted by Crippen LogP contribution is 2.24. The number of rotatable bonds is 4. The first-order valence-electron chi connectivity index (χ1n) is 5.55. The topological polar surface area (TPSA) is 29.5 Å². The Morgan fingerprint density at radius 3 is 2.22 bits per heavy atom. The lowest BCUT2D eigenvalue weighted by Gasteiger charge is -2.37. The van der Waals surface area contributed by atoms with Crippen LogP contribution in [0, 0.1) is 11.6 Å². The average Bonchev–Trinajstić information content (AvgIpc) is 2.23. The van der Waals surface area contributed by atoms with Crippen LogP contribution in [0.4, 0.5) is 8.78 Å². The Kier molecular flexibility index (Phi) is 4.41. The number of aliphatic hydroxyl groups is 1. The summed E-state index contributed by atoms with van der Waals surface area (Å²) < 4.78 is 32.2. The zero-order valence-corrected chi connectivity index (χ0v) is 11.6. The van der Waals surface area contributed by atoms with Crippen LogP contribution in [0.5, 0.6) is 0 Å². The van der Waals surface area contributed by atoms with E-state index in [0.717, 1.165) is 0 Å². The van der Waals surface area contributed by atoms with E-state index in [9.17, 15) is 13.9 Å². The molecule has 0 atom stereocenters. The van der Waals surface area contributed by atoms with Crippen LogP contribution in [0.1, 0.15) is 27.7 Å². The maximum atomic E-state index is 13.5. The van der Waals surface area contributed by atoms with Crippen LogP contribution >= 0.6 is 11.6 Å². The van der Waals surface area contributed by atoms with Crippen LogP contribution in [0.2, 0.25) is 5.02 Å². The van der Waals surface area contributed by atoms with E-state index in [1.807, 2.05) is 0 Å². The minimum atomic E-state index is -1.10. The SMILES string of the molecule is CC(C)(O)C(C)(C)OBc1ccc(Cl)c(F)c1F. The van der Waals surface area contributed by atoms with Crippen LogP contribution in [0.3, 0.4) is 0 Å². The first-order valence-corrected chi connectivity index (χ1v) is 5.93. The molecular weight excluding hydrogens is 260 g/mol. The third kappa shape index (κ3) is 3.22. The van der Waals surface area contributed by atoms with Gasteiger partial charge in [-0.1, -0.05) is 17.7 Å². The van der Waals surface area contributed by atoms with Crippen LogP contribution in [-0.2, 0) is 4.65 Å². The molecule has 0 aliphatic carbocycles. The Bertz CT molecular complexity index is 444. The zero-order valence-electron chi connectivity index (χ0n) is 10.9. The van der Waals surface area contributed by atoms with Crippen molar-refractivity contribution < 1.29 is 18.5 Å². The normalized spacial score (nSPS) is 12.7. The maximum absolute atomic E-state index is 13.5. The molecular formula is C12H16BClF2O2. The second-order valence-corrected chi connectivity index (χ2v) is 5.60. The molecule has 0 fully saturated rings. The molecule has 0 amide bonds. The van der Waals surface area contributed by atoms with Crippen molar-refractivity contribution in [2.45, 2.75) is 38.9 Å². The Morgan fingerprint density at radius 1 is 1.17 bits per heavy atom. The highest BCUT2D eigenvalue weighted by Gasteiger charge is 2.36. The van der Waals surface area contributed by atoms with Gasteiger partial charge in [0.15, 0.2) is 11.6 Å². The fourth-order valence-electron chi connectivity index (χ4n) is 1.11. The van der Waals surface area contributed by atoms with Crippen molar-refractivity contribution in [1.29, 1.82) is 0 Å². The summed E-state index contributed by atoms with van der Waals surface area (Å²) in [5.41, 5.74) is -1.93. The van der Waals surface area contributed by atoms with Gasteiger partial charge in [0.1, 0.15) is 0 Å². The number of halogens is 3. The highest BCUT2D eigenvalue weighted by atomic mass is 35.5. The summed E-state index contributed by atoms with van der Waals surface area (Å²) in [6, 6.07) is 2.64. The second-order valence-electron chi connectivity index (χ2n) is 5.19. The molecule has 0 aliphatic rings. The minimum Gasteiger partial charge on any atom is -0.427 e. The summed E-state index contributed by atoms with van der Waals surface area (Å²) in [6.07, 6.45) is 0. The van der Waals surface area contributed by atoms with Gasteiger partial charge in [-0.2, -0.15) is 0 Å². The molecule has 6 heteroatoms. The molecule has 0 aromatic heterocycles. The van der Waals surface area contributed by atoms with Gasteiger partial charge in [0.25, 0.3) is 0 Å². The van der Waals surface area contributed by atoms with E-state index in [0.29, 0.717) is 0 Å². The molecule has 1 aromatic carbocycles. The highest BCUT2D eigenvalue weighted by molar-refractivity contribution is 6.47. The molecule has 0 unspecified atom stereocenters. The second kappa shape index (κ2) is 5.15. The Balaban J connectivity index is 2.85. The number of hydrogen-bond acceptors (Lipinski definition) is 2. The summed E-state index contributed by atoms with van der Waals surface area (Å²) in [5.74, 6) is -2.10. The smallest absolute Gasteiger partial charge is 0.312 e. The van der Waals surface area contributed by atoms with Crippen molar-refractivity contribution in [1.82, 2.24) is 0 Å². The molecule has 1 aromatic rings. The molecule has 100 valence electrons. The predicted molar refractivity (Wildman–Crippen MR) is 69.6 cm³/mol. The lowest BCUT2D eigenvalue weighted by atomic mass is 9.82. The van der Waals surface area contributed by atoms with Crippen LogP contribution < -0.4 is 5.46 Å². The van der Waals surface area contributed by atoms with Gasteiger partial charge in [-0.15, -0.1) is 0 Å². The zero-order chi connectivity index (χ0) is 14.1. The van der Waals surface area contributed by atoms with Gasteiger partial charge in [-0.25, -0.2) is 8.78 Å². The molecule has 1 rings (SSSR count). The molecule has 2 nitrogen and oxygen atoms in total. The molecule has 0 heterocycles. The summed E-state index contributed by atoms with van der Waals surface area (Å²) in [5, 5.41) is 9.61. The molecule has 18 heavy (non-hydrogen) atoms. The van der Waals surface area contributed by atoms with E-state index in [-0.39, 0.29) is 18.0 Å². The lowest BCUT2D eigenvalue weighted by molar-refractivity contribution is -0.0893. The molecule has 0 saturated heterocycles. The Morgan fingerprint density at radius 2 is 1.72 bits per heavy atom. The van der Waals surface area contributed by atoms with E-state index < -0.39 is 22.8 Å². The molecule has 1 N–H and O–H groups in total. The van der Waals surface area contributed by atoms with Gasteiger partial charge in [0.05, 0.1) is 16.2 Å². The monoisotopic (exact) mass is 276 g/mol. The van der Waals surface area contributed by atoms with E-state index >= 15 is 0 Å². The van der Waals surface area contributed by atoms with E-state index in [4.69, 9.17) is 16.3 Å². The summed E-state index contributed by atoms with van der Waals surface area (Å²) >= 11 is 5.45. The van der Waals surface area contributed by atoms with Gasteiger partial charge in [-0.05, 0) is 39.2 Å². The molecule has 0 bridgehead atoms. The first kappa shape index (κ1) is 15.4. The standard InChI is InChI=1S/C12H16BClF2O2/c1-11(2,17)12(3,4)18-13-7-5-6-8(14)10(16)9(7)15/h5-6,13,17H,1-4H3. The number of hydrogen-bond donors (Lipinski definition) is 1. The largest absolute Gasteiger partial charge is 0.427 e. The van der Waals surface area contributed by atoms with Crippen LogP contribution in [0.25, 0.3) is 0 Å². The molecule has 0 aliphatic heterocycles. The van der Waals surface area contributed by atoms with Gasteiger partial charge in [0, 0.05) is 0 Å². The predicted octanol–water partition coefficient (Wildman–Crippen LogP) is 2.16. The average molecular weight is 277 g/mol. The van der Waals surface area contributed by atoms with Crippen molar-refractivity contribution in [2.75, 3.05) is 0 Å². The molecule has 0 spiro atoms. The van der Waals surface area contributed by atoms with Crippen molar-refractivity contribution >= 4 is 24.5 Å².